The lowest BCUT2D eigenvalue weighted by molar-refractivity contribution is -0.118. The van der Waals surface area contributed by atoms with E-state index in [2.05, 4.69) is 10.3 Å². The Labute approximate surface area is 105 Å². The second-order valence-corrected chi connectivity index (χ2v) is 3.62. The highest BCUT2D eigenvalue weighted by atomic mass is 16.5. The monoisotopic (exact) mass is 243 g/mol. The molecule has 2 aromatic rings. The lowest BCUT2D eigenvalue weighted by atomic mass is 10.3. The van der Waals surface area contributed by atoms with Gasteiger partial charge in [-0.05, 0) is 24.3 Å². The molecule has 0 radical (unpaired) electrons. The molecule has 0 saturated heterocycles. The van der Waals surface area contributed by atoms with Gasteiger partial charge in [0, 0.05) is 0 Å². The number of pyridine rings is 1. The zero-order valence-corrected chi connectivity index (χ0v) is 9.67. The van der Waals surface area contributed by atoms with Gasteiger partial charge in [-0.15, -0.1) is 0 Å². The molecule has 0 aliphatic rings. The number of nitrogens with two attached hydrogens (primary N) is 1. The van der Waals surface area contributed by atoms with Gasteiger partial charge >= 0.3 is 0 Å². The lowest BCUT2D eigenvalue weighted by Crippen LogP contribution is -2.20. The van der Waals surface area contributed by atoms with E-state index in [9.17, 15) is 4.79 Å². The third kappa shape index (κ3) is 3.48. The van der Waals surface area contributed by atoms with E-state index in [1.165, 1.54) is 6.20 Å². The summed E-state index contributed by atoms with van der Waals surface area (Å²) >= 11 is 0. The number of hydrogen-bond donors (Lipinski definition) is 2. The highest BCUT2D eigenvalue weighted by Crippen LogP contribution is 2.09. The van der Waals surface area contributed by atoms with Gasteiger partial charge in [-0.25, -0.2) is 4.98 Å². The average molecular weight is 243 g/mol. The number of hydrogen-bond acceptors (Lipinski definition) is 4. The molecule has 18 heavy (non-hydrogen) atoms. The predicted octanol–water partition coefficient (Wildman–Crippen LogP) is 1.68. The molecule has 0 atom stereocenters. The topological polar surface area (TPSA) is 77.2 Å². The van der Waals surface area contributed by atoms with Crippen LogP contribution in [0.3, 0.4) is 0 Å². The Hall–Kier alpha value is -2.56. The van der Waals surface area contributed by atoms with Crippen LogP contribution >= 0.6 is 0 Å². The molecular weight excluding hydrogens is 230 g/mol. The second kappa shape index (κ2) is 5.67. The van der Waals surface area contributed by atoms with E-state index < -0.39 is 0 Å². The van der Waals surface area contributed by atoms with Gasteiger partial charge in [0.25, 0.3) is 5.91 Å². The lowest BCUT2D eigenvalue weighted by Gasteiger charge is -2.07. The number of rotatable bonds is 4. The first-order chi connectivity index (χ1) is 8.74. The SMILES string of the molecule is Nc1ccc(NC(=O)COc2ccccc2)cn1. The summed E-state index contributed by atoms with van der Waals surface area (Å²) < 4.78 is 5.31. The minimum atomic E-state index is -0.245. The molecule has 0 bridgehead atoms. The van der Waals surface area contributed by atoms with Crippen LogP contribution < -0.4 is 15.8 Å². The van der Waals surface area contributed by atoms with Crippen LogP contribution in [0.25, 0.3) is 0 Å². The van der Waals surface area contributed by atoms with Crippen LogP contribution in [0, 0.1) is 0 Å². The molecule has 0 aliphatic carbocycles. The van der Waals surface area contributed by atoms with Gasteiger partial charge in [0.2, 0.25) is 0 Å². The number of amides is 1. The van der Waals surface area contributed by atoms with Crippen LogP contribution in [0.5, 0.6) is 5.75 Å². The van der Waals surface area contributed by atoms with E-state index in [1.807, 2.05) is 18.2 Å². The molecule has 1 aromatic carbocycles. The molecule has 5 heteroatoms. The standard InChI is InChI=1S/C13H13N3O2/c14-12-7-6-10(8-15-12)16-13(17)9-18-11-4-2-1-3-5-11/h1-8H,9H2,(H2,14,15)(H,16,17). The third-order valence-electron chi connectivity index (χ3n) is 2.18. The number of ether oxygens (including phenoxy) is 1. The zero-order valence-electron chi connectivity index (χ0n) is 9.67. The summed E-state index contributed by atoms with van der Waals surface area (Å²) in [7, 11) is 0. The maximum absolute atomic E-state index is 11.6. The van der Waals surface area contributed by atoms with Crippen molar-refractivity contribution < 1.29 is 9.53 Å². The van der Waals surface area contributed by atoms with Crippen molar-refractivity contribution in [2.75, 3.05) is 17.7 Å². The molecule has 2 rings (SSSR count). The van der Waals surface area contributed by atoms with Crippen LogP contribution in [0.1, 0.15) is 0 Å². The van der Waals surface area contributed by atoms with Gasteiger partial charge in [-0.3, -0.25) is 4.79 Å². The van der Waals surface area contributed by atoms with Crippen molar-refractivity contribution in [3.8, 4) is 5.75 Å². The minimum Gasteiger partial charge on any atom is -0.484 e. The van der Waals surface area contributed by atoms with E-state index in [4.69, 9.17) is 10.5 Å². The fourth-order valence-corrected chi connectivity index (χ4v) is 1.34. The number of nitrogens with one attached hydrogen (secondary N) is 1. The number of carbonyl (C=O) groups is 1. The van der Waals surface area contributed by atoms with E-state index in [-0.39, 0.29) is 12.5 Å². The second-order valence-electron chi connectivity index (χ2n) is 3.62. The van der Waals surface area contributed by atoms with Crippen molar-refractivity contribution in [2.45, 2.75) is 0 Å². The molecule has 0 fully saturated rings. The first-order valence-corrected chi connectivity index (χ1v) is 5.43. The minimum absolute atomic E-state index is 0.0472. The van der Waals surface area contributed by atoms with Crippen molar-refractivity contribution in [3.05, 3.63) is 48.7 Å². The Balaban J connectivity index is 1.84. The first-order valence-electron chi connectivity index (χ1n) is 5.43. The maximum atomic E-state index is 11.6. The number of carbonyl (C=O) groups excluding carboxylic acids is 1. The quantitative estimate of drug-likeness (QED) is 0.856. The Kier molecular flexibility index (Phi) is 3.76. The summed E-state index contributed by atoms with van der Waals surface area (Å²) in [4.78, 5) is 15.4. The van der Waals surface area contributed by atoms with Gasteiger partial charge in [-0.1, -0.05) is 18.2 Å². The van der Waals surface area contributed by atoms with Crippen LogP contribution in [0.15, 0.2) is 48.7 Å². The predicted molar refractivity (Wildman–Crippen MR) is 69.2 cm³/mol. The molecule has 0 aliphatic heterocycles. The van der Waals surface area contributed by atoms with Crippen molar-refractivity contribution in [2.24, 2.45) is 0 Å². The van der Waals surface area contributed by atoms with E-state index in [0.29, 0.717) is 17.3 Å². The number of nitrogen functional groups attached to an aromatic ring is 1. The van der Waals surface area contributed by atoms with Gasteiger partial charge < -0.3 is 15.8 Å². The summed E-state index contributed by atoms with van der Waals surface area (Å²) in [5.41, 5.74) is 6.03. The van der Waals surface area contributed by atoms with Crippen molar-refractivity contribution in [3.63, 3.8) is 0 Å². The number of benzene rings is 1. The Morgan fingerprint density at radius 3 is 2.67 bits per heavy atom. The normalized spacial score (nSPS) is 9.78. The van der Waals surface area contributed by atoms with E-state index in [0.717, 1.165) is 0 Å². The summed E-state index contributed by atoms with van der Waals surface area (Å²) in [6.07, 6.45) is 1.50. The van der Waals surface area contributed by atoms with Gasteiger partial charge in [-0.2, -0.15) is 0 Å². The molecule has 0 saturated carbocycles. The van der Waals surface area contributed by atoms with Gasteiger partial charge in [0.05, 0.1) is 11.9 Å². The summed E-state index contributed by atoms with van der Waals surface area (Å²) in [5.74, 6) is 0.821. The van der Waals surface area contributed by atoms with Gasteiger partial charge in [0.15, 0.2) is 6.61 Å². The fourth-order valence-electron chi connectivity index (χ4n) is 1.34. The summed E-state index contributed by atoms with van der Waals surface area (Å²) in [5, 5.41) is 2.66. The molecular formula is C13H13N3O2. The summed E-state index contributed by atoms with van der Waals surface area (Å²) in [6, 6.07) is 12.5. The highest BCUT2D eigenvalue weighted by molar-refractivity contribution is 5.91. The maximum Gasteiger partial charge on any atom is 0.262 e. The average Bonchev–Trinajstić information content (AvgIpc) is 2.40. The third-order valence-corrected chi connectivity index (χ3v) is 2.18. The Morgan fingerprint density at radius 1 is 1.22 bits per heavy atom. The van der Waals surface area contributed by atoms with Crippen molar-refractivity contribution >= 4 is 17.4 Å². The Bertz CT molecular complexity index is 512. The molecule has 3 N–H and O–H groups in total. The van der Waals surface area contributed by atoms with Gasteiger partial charge in [0.1, 0.15) is 11.6 Å². The molecule has 0 unspecified atom stereocenters. The molecule has 1 amide bonds. The smallest absolute Gasteiger partial charge is 0.262 e. The molecule has 5 nitrogen and oxygen atoms in total. The Morgan fingerprint density at radius 2 is 2.00 bits per heavy atom. The number of nitrogens with zero attached hydrogens (tertiary/aromatic N) is 1. The van der Waals surface area contributed by atoms with Crippen LogP contribution in [0.2, 0.25) is 0 Å². The van der Waals surface area contributed by atoms with Crippen LogP contribution in [0.4, 0.5) is 11.5 Å². The van der Waals surface area contributed by atoms with Crippen molar-refractivity contribution in [1.29, 1.82) is 0 Å². The highest BCUT2D eigenvalue weighted by Gasteiger charge is 2.03. The van der Waals surface area contributed by atoms with E-state index >= 15 is 0 Å². The molecule has 1 heterocycles. The van der Waals surface area contributed by atoms with E-state index in [1.54, 1.807) is 24.3 Å². The van der Waals surface area contributed by atoms with Crippen LogP contribution in [-0.2, 0) is 4.79 Å². The number of para-hydroxylation sites is 1. The number of aromatic nitrogens is 1. The first kappa shape index (κ1) is 11.9. The molecule has 0 spiro atoms. The molecule has 92 valence electrons. The summed E-state index contributed by atoms with van der Waals surface area (Å²) in [6.45, 7) is -0.0472. The van der Waals surface area contributed by atoms with Crippen LogP contribution in [-0.4, -0.2) is 17.5 Å². The zero-order chi connectivity index (χ0) is 12.8. The van der Waals surface area contributed by atoms with Crippen molar-refractivity contribution in [1.82, 2.24) is 4.98 Å². The number of anilines is 2. The largest absolute Gasteiger partial charge is 0.484 e. The fraction of sp³-hybridized carbons (Fsp3) is 0.0769. The molecule has 1 aromatic heterocycles.